The Kier molecular flexibility index (Phi) is 5.28. The Morgan fingerprint density at radius 3 is 3.00 bits per heavy atom. The third-order valence-corrected chi connectivity index (χ3v) is 5.02. The lowest BCUT2D eigenvalue weighted by Gasteiger charge is -2.13. The molecule has 0 aromatic heterocycles. The number of rotatable bonds is 4. The van der Waals surface area contributed by atoms with Gasteiger partial charge in [0.2, 0.25) is 0 Å². The highest BCUT2D eigenvalue weighted by Gasteiger charge is 2.26. The summed E-state index contributed by atoms with van der Waals surface area (Å²) >= 11 is 5.12. The van der Waals surface area contributed by atoms with E-state index in [2.05, 4.69) is 28.2 Å². The molecule has 0 heterocycles. The monoisotopic (exact) mass is 345 g/mol. The minimum absolute atomic E-state index is 0.120. The lowest BCUT2D eigenvalue weighted by Crippen LogP contribution is -2.33. The molecule has 2 unspecified atom stereocenters. The van der Waals surface area contributed by atoms with Crippen molar-refractivity contribution < 1.29 is 9.18 Å². The number of thioether (sulfide) groups is 1. The number of hydrogen-bond donors (Lipinski definition) is 1. The molecule has 5 heteroatoms. The summed E-state index contributed by atoms with van der Waals surface area (Å²) in [5, 5.41) is 3.57. The van der Waals surface area contributed by atoms with Gasteiger partial charge in [0.05, 0.1) is 5.56 Å². The fourth-order valence-electron chi connectivity index (χ4n) is 2.40. The fourth-order valence-corrected chi connectivity index (χ4v) is 3.87. The lowest BCUT2D eigenvalue weighted by molar-refractivity contribution is 0.0934. The largest absolute Gasteiger partial charge is 0.349 e. The van der Waals surface area contributed by atoms with Crippen molar-refractivity contribution in [3.63, 3.8) is 0 Å². The molecule has 1 saturated carbocycles. The second kappa shape index (κ2) is 6.75. The van der Waals surface area contributed by atoms with Crippen molar-refractivity contribution >= 4 is 33.6 Å². The quantitative estimate of drug-likeness (QED) is 0.893. The Labute approximate surface area is 125 Å². The van der Waals surface area contributed by atoms with E-state index >= 15 is 0 Å². The molecule has 1 fully saturated rings. The molecule has 0 saturated heterocycles. The number of nitrogens with one attached hydrogen (secondary N) is 1. The standard InChI is InChI=1S/C14H17BrFNOS/c1-2-19-11-5-4-10(8-11)17-14(18)12-6-3-9(15)7-13(12)16/h3,6-7,10-11H,2,4-5,8H2,1H3,(H,17,18). The van der Waals surface area contributed by atoms with E-state index in [9.17, 15) is 9.18 Å². The van der Waals surface area contributed by atoms with Gasteiger partial charge in [-0.2, -0.15) is 11.8 Å². The summed E-state index contributed by atoms with van der Waals surface area (Å²) < 4.78 is 14.3. The number of carbonyl (C=O) groups excluding carboxylic acids is 1. The summed E-state index contributed by atoms with van der Waals surface area (Å²) in [5.41, 5.74) is 0.120. The molecule has 2 rings (SSSR count). The van der Waals surface area contributed by atoms with Crippen LogP contribution in [-0.2, 0) is 0 Å². The van der Waals surface area contributed by atoms with Gasteiger partial charge in [0, 0.05) is 15.8 Å². The maximum Gasteiger partial charge on any atom is 0.254 e. The van der Waals surface area contributed by atoms with E-state index in [0.29, 0.717) is 9.72 Å². The first-order valence-electron chi connectivity index (χ1n) is 6.47. The minimum Gasteiger partial charge on any atom is -0.349 e. The van der Waals surface area contributed by atoms with Crippen LogP contribution >= 0.6 is 27.7 Å². The van der Waals surface area contributed by atoms with E-state index in [1.54, 1.807) is 6.07 Å². The van der Waals surface area contributed by atoms with Crippen molar-refractivity contribution in [1.82, 2.24) is 5.32 Å². The maximum absolute atomic E-state index is 13.7. The summed E-state index contributed by atoms with van der Waals surface area (Å²) in [4.78, 5) is 12.0. The maximum atomic E-state index is 13.7. The van der Waals surface area contributed by atoms with Gasteiger partial charge >= 0.3 is 0 Å². The number of halogens is 2. The Morgan fingerprint density at radius 1 is 1.53 bits per heavy atom. The molecule has 0 radical (unpaired) electrons. The predicted octanol–water partition coefficient (Wildman–Crippen LogP) is 3.99. The average molecular weight is 346 g/mol. The first-order valence-corrected chi connectivity index (χ1v) is 8.32. The smallest absolute Gasteiger partial charge is 0.254 e. The van der Waals surface area contributed by atoms with Gasteiger partial charge in [0.1, 0.15) is 5.82 Å². The number of hydrogen-bond acceptors (Lipinski definition) is 2. The van der Waals surface area contributed by atoms with Crippen molar-refractivity contribution in [3.8, 4) is 0 Å². The van der Waals surface area contributed by atoms with Gasteiger partial charge < -0.3 is 5.32 Å². The highest BCUT2D eigenvalue weighted by atomic mass is 79.9. The zero-order chi connectivity index (χ0) is 13.8. The van der Waals surface area contributed by atoms with Crippen molar-refractivity contribution in [2.45, 2.75) is 37.5 Å². The zero-order valence-corrected chi connectivity index (χ0v) is 13.2. The molecule has 104 valence electrons. The van der Waals surface area contributed by atoms with Gasteiger partial charge in [-0.15, -0.1) is 0 Å². The highest BCUT2D eigenvalue weighted by molar-refractivity contribution is 9.10. The molecule has 1 aliphatic rings. The molecule has 2 atom stereocenters. The molecule has 1 N–H and O–H groups in total. The Bertz CT molecular complexity index is 469. The third kappa shape index (κ3) is 3.96. The average Bonchev–Trinajstić information content (AvgIpc) is 2.76. The molecule has 0 spiro atoms. The van der Waals surface area contributed by atoms with E-state index in [4.69, 9.17) is 0 Å². The van der Waals surface area contributed by atoms with E-state index in [1.165, 1.54) is 12.1 Å². The Morgan fingerprint density at radius 2 is 2.32 bits per heavy atom. The van der Waals surface area contributed by atoms with Crippen LogP contribution < -0.4 is 5.32 Å². The first kappa shape index (κ1) is 14.9. The van der Waals surface area contributed by atoms with Crippen molar-refractivity contribution in [3.05, 3.63) is 34.1 Å². The van der Waals surface area contributed by atoms with Gasteiger partial charge in [-0.1, -0.05) is 22.9 Å². The van der Waals surface area contributed by atoms with Crippen LogP contribution in [-0.4, -0.2) is 23.0 Å². The molecule has 1 aromatic rings. The third-order valence-electron chi connectivity index (χ3n) is 3.30. The fraction of sp³-hybridized carbons (Fsp3) is 0.500. The van der Waals surface area contributed by atoms with Gasteiger partial charge in [0.25, 0.3) is 5.91 Å². The van der Waals surface area contributed by atoms with Crippen molar-refractivity contribution in [2.75, 3.05) is 5.75 Å². The summed E-state index contributed by atoms with van der Waals surface area (Å²) in [6, 6.07) is 4.70. The van der Waals surface area contributed by atoms with Crippen LogP contribution in [0.15, 0.2) is 22.7 Å². The summed E-state index contributed by atoms with van der Waals surface area (Å²) in [5.74, 6) is 0.314. The molecular weight excluding hydrogens is 329 g/mol. The van der Waals surface area contributed by atoms with Crippen LogP contribution in [0.25, 0.3) is 0 Å². The number of carbonyl (C=O) groups is 1. The first-order chi connectivity index (χ1) is 9.10. The highest BCUT2D eigenvalue weighted by Crippen LogP contribution is 2.30. The molecular formula is C14H17BrFNOS. The van der Waals surface area contributed by atoms with Gasteiger partial charge in [0.15, 0.2) is 0 Å². The van der Waals surface area contributed by atoms with E-state index in [0.717, 1.165) is 25.0 Å². The molecule has 1 aliphatic carbocycles. The second-order valence-corrected chi connectivity index (χ2v) is 7.18. The molecule has 1 aromatic carbocycles. The van der Waals surface area contributed by atoms with Crippen molar-refractivity contribution in [2.24, 2.45) is 0 Å². The van der Waals surface area contributed by atoms with Crippen LogP contribution in [0.1, 0.15) is 36.5 Å². The lowest BCUT2D eigenvalue weighted by atomic mass is 10.1. The van der Waals surface area contributed by atoms with Crippen LogP contribution in [0.3, 0.4) is 0 Å². The van der Waals surface area contributed by atoms with Gasteiger partial charge in [-0.05, 0) is 43.2 Å². The summed E-state index contributed by atoms with van der Waals surface area (Å²) in [6.07, 6.45) is 3.11. The van der Waals surface area contributed by atoms with Gasteiger partial charge in [-0.25, -0.2) is 4.39 Å². The van der Waals surface area contributed by atoms with E-state index in [1.807, 2.05) is 11.8 Å². The minimum atomic E-state index is -0.482. The number of amides is 1. The topological polar surface area (TPSA) is 29.1 Å². The molecule has 0 bridgehead atoms. The van der Waals surface area contributed by atoms with Crippen LogP contribution in [0.4, 0.5) is 4.39 Å². The molecule has 1 amide bonds. The second-order valence-electron chi connectivity index (χ2n) is 4.68. The summed E-state index contributed by atoms with van der Waals surface area (Å²) in [7, 11) is 0. The van der Waals surface area contributed by atoms with Crippen LogP contribution in [0.2, 0.25) is 0 Å². The summed E-state index contributed by atoms with van der Waals surface area (Å²) in [6.45, 7) is 2.15. The van der Waals surface area contributed by atoms with Crippen LogP contribution in [0, 0.1) is 5.82 Å². The van der Waals surface area contributed by atoms with Crippen molar-refractivity contribution in [1.29, 1.82) is 0 Å². The zero-order valence-electron chi connectivity index (χ0n) is 10.8. The Hall–Kier alpha value is -0.550. The van der Waals surface area contributed by atoms with E-state index in [-0.39, 0.29) is 17.5 Å². The normalized spacial score (nSPS) is 22.5. The van der Waals surface area contributed by atoms with E-state index < -0.39 is 5.82 Å². The SMILES string of the molecule is CCSC1CCC(NC(=O)c2ccc(Br)cc2F)C1. The molecule has 2 nitrogen and oxygen atoms in total. The predicted molar refractivity (Wildman–Crippen MR) is 81.1 cm³/mol. The number of benzene rings is 1. The van der Waals surface area contributed by atoms with Crippen LogP contribution in [0.5, 0.6) is 0 Å². The molecule has 19 heavy (non-hydrogen) atoms. The molecule has 0 aliphatic heterocycles. The van der Waals surface area contributed by atoms with Gasteiger partial charge in [-0.3, -0.25) is 4.79 Å². The Balaban J connectivity index is 1.94.